The molecule has 1 aliphatic rings. The minimum Gasteiger partial charge on any atom is -0.480 e. The van der Waals surface area contributed by atoms with Gasteiger partial charge in [0.1, 0.15) is 6.04 Å². The summed E-state index contributed by atoms with van der Waals surface area (Å²) in [6.45, 7) is 0.529. The Hall–Kier alpha value is -1.78. The lowest BCUT2D eigenvalue weighted by Gasteiger charge is -2.20. The molecule has 0 aliphatic carbocycles. The van der Waals surface area contributed by atoms with Gasteiger partial charge in [-0.15, -0.1) is 0 Å². The predicted octanol–water partition coefficient (Wildman–Crippen LogP) is 0.704. The Morgan fingerprint density at radius 1 is 1.53 bits per heavy atom. The largest absolute Gasteiger partial charge is 0.480 e. The number of hydrogen-bond acceptors (Lipinski definition) is 2. The molecule has 1 aliphatic heterocycles. The van der Waals surface area contributed by atoms with Crippen LogP contribution < -0.4 is 0 Å². The van der Waals surface area contributed by atoms with Crippen LogP contribution in [-0.4, -0.2) is 39.5 Å². The number of carbonyl (C=O) groups excluding carboxylic acids is 1. The fourth-order valence-electron chi connectivity index (χ4n) is 1.89. The van der Waals surface area contributed by atoms with Crippen molar-refractivity contribution in [1.29, 1.82) is 0 Å². The Labute approximate surface area is 86.7 Å². The zero-order valence-electron chi connectivity index (χ0n) is 8.14. The number of likely N-dealkylation sites (tertiary alicyclic amines) is 1. The second-order valence-corrected chi connectivity index (χ2v) is 3.59. The number of nitrogens with zero attached hydrogens (tertiary/aromatic N) is 1. The van der Waals surface area contributed by atoms with Crippen molar-refractivity contribution in [2.75, 3.05) is 6.54 Å². The minimum absolute atomic E-state index is 0.207. The summed E-state index contributed by atoms with van der Waals surface area (Å²) in [5, 5.41) is 8.93. The molecule has 5 nitrogen and oxygen atoms in total. The Bertz CT molecular complexity index is 372. The average molecular weight is 208 g/mol. The van der Waals surface area contributed by atoms with E-state index in [2.05, 4.69) is 4.98 Å². The lowest BCUT2D eigenvalue weighted by atomic mass is 10.2. The summed E-state index contributed by atoms with van der Waals surface area (Å²) in [7, 11) is 0. The smallest absolute Gasteiger partial charge is 0.326 e. The van der Waals surface area contributed by atoms with E-state index < -0.39 is 12.0 Å². The molecule has 0 bridgehead atoms. The molecular formula is C10H12N2O3. The van der Waals surface area contributed by atoms with Crippen LogP contribution in [-0.2, 0) is 4.79 Å². The van der Waals surface area contributed by atoms with E-state index in [1.54, 1.807) is 18.5 Å². The van der Waals surface area contributed by atoms with Crippen LogP contribution in [0.4, 0.5) is 0 Å². The normalized spacial score (nSPS) is 20.5. The first-order valence-electron chi connectivity index (χ1n) is 4.86. The molecule has 0 radical (unpaired) electrons. The third kappa shape index (κ3) is 1.72. The van der Waals surface area contributed by atoms with Crippen molar-refractivity contribution in [3.05, 3.63) is 24.0 Å². The molecule has 80 valence electrons. The molecule has 1 fully saturated rings. The molecule has 0 aromatic carbocycles. The van der Waals surface area contributed by atoms with Crippen molar-refractivity contribution in [1.82, 2.24) is 9.88 Å². The molecular weight excluding hydrogens is 196 g/mol. The highest BCUT2D eigenvalue weighted by Gasteiger charge is 2.34. The van der Waals surface area contributed by atoms with Crippen LogP contribution >= 0.6 is 0 Å². The van der Waals surface area contributed by atoms with Gasteiger partial charge in [0.05, 0.1) is 5.56 Å². The Morgan fingerprint density at radius 2 is 2.33 bits per heavy atom. The maximum atomic E-state index is 11.9. The van der Waals surface area contributed by atoms with E-state index in [9.17, 15) is 9.59 Å². The molecule has 2 rings (SSSR count). The van der Waals surface area contributed by atoms with Gasteiger partial charge in [0.2, 0.25) is 0 Å². The Balaban J connectivity index is 2.17. The zero-order valence-corrected chi connectivity index (χ0v) is 8.14. The maximum absolute atomic E-state index is 11.9. The van der Waals surface area contributed by atoms with Gasteiger partial charge >= 0.3 is 5.97 Å². The highest BCUT2D eigenvalue weighted by Crippen LogP contribution is 2.19. The number of carboxylic acids is 1. The molecule has 15 heavy (non-hydrogen) atoms. The van der Waals surface area contributed by atoms with E-state index in [1.807, 2.05) is 0 Å². The first-order valence-corrected chi connectivity index (χ1v) is 4.86. The van der Waals surface area contributed by atoms with Gasteiger partial charge < -0.3 is 15.0 Å². The number of carboxylic acid groups (broad SMARTS) is 1. The predicted molar refractivity (Wildman–Crippen MR) is 52.5 cm³/mol. The quantitative estimate of drug-likeness (QED) is 0.751. The van der Waals surface area contributed by atoms with Crippen molar-refractivity contribution < 1.29 is 14.7 Å². The van der Waals surface area contributed by atoms with Crippen molar-refractivity contribution >= 4 is 11.9 Å². The lowest BCUT2D eigenvalue weighted by molar-refractivity contribution is -0.141. The van der Waals surface area contributed by atoms with Gasteiger partial charge in [-0.05, 0) is 18.9 Å². The summed E-state index contributed by atoms with van der Waals surface area (Å²) in [6, 6.07) is 0.993. The van der Waals surface area contributed by atoms with E-state index in [1.165, 1.54) is 4.90 Å². The SMILES string of the molecule is O=C(O)[C@@H]1CCCN1C(=O)c1cc[nH]c1. The van der Waals surface area contributed by atoms with Gasteiger partial charge in [0.15, 0.2) is 0 Å². The van der Waals surface area contributed by atoms with Crippen molar-refractivity contribution in [3.63, 3.8) is 0 Å². The zero-order chi connectivity index (χ0) is 10.8. The first kappa shape index (κ1) is 9.76. The number of aliphatic carboxylic acids is 1. The molecule has 0 spiro atoms. The van der Waals surface area contributed by atoms with E-state index in [0.717, 1.165) is 6.42 Å². The third-order valence-corrected chi connectivity index (χ3v) is 2.64. The average Bonchev–Trinajstić information content (AvgIpc) is 2.88. The fourth-order valence-corrected chi connectivity index (χ4v) is 1.89. The van der Waals surface area contributed by atoms with E-state index in [0.29, 0.717) is 18.5 Å². The fraction of sp³-hybridized carbons (Fsp3) is 0.400. The number of hydrogen-bond donors (Lipinski definition) is 2. The van der Waals surface area contributed by atoms with E-state index in [4.69, 9.17) is 5.11 Å². The molecule has 1 aromatic rings. The van der Waals surface area contributed by atoms with Crippen LogP contribution in [0.25, 0.3) is 0 Å². The number of aromatic amines is 1. The Morgan fingerprint density at radius 3 is 2.93 bits per heavy atom. The van der Waals surface area contributed by atoms with Crippen LogP contribution in [0.5, 0.6) is 0 Å². The highest BCUT2D eigenvalue weighted by atomic mass is 16.4. The maximum Gasteiger partial charge on any atom is 0.326 e. The first-order chi connectivity index (χ1) is 7.20. The molecule has 5 heteroatoms. The summed E-state index contributed by atoms with van der Waals surface area (Å²) in [5.74, 6) is -1.13. The topological polar surface area (TPSA) is 73.4 Å². The van der Waals surface area contributed by atoms with Crippen LogP contribution in [0.1, 0.15) is 23.2 Å². The van der Waals surface area contributed by atoms with Gasteiger partial charge in [-0.1, -0.05) is 0 Å². The van der Waals surface area contributed by atoms with E-state index >= 15 is 0 Å². The van der Waals surface area contributed by atoms with Gasteiger partial charge in [-0.25, -0.2) is 4.79 Å². The summed E-state index contributed by atoms with van der Waals surface area (Å²) >= 11 is 0. The summed E-state index contributed by atoms with van der Waals surface area (Å²) < 4.78 is 0. The number of nitrogens with one attached hydrogen (secondary N) is 1. The lowest BCUT2D eigenvalue weighted by Crippen LogP contribution is -2.40. The van der Waals surface area contributed by atoms with Crippen LogP contribution in [0.3, 0.4) is 0 Å². The number of carbonyl (C=O) groups is 2. The molecule has 0 unspecified atom stereocenters. The number of amides is 1. The van der Waals surface area contributed by atoms with Crippen LogP contribution in [0, 0.1) is 0 Å². The van der Waals surface area contributed by atoms with Crippen molar-refractivity contribution in [2.45, 2.75) is 18.9 Å². The van der Waals surface area contributed by atoms with Crippen molar-refractivity contribution in [2.24, 2.45) is 0 Å². The van der Waals surface area contributed by atoms with Gasteiger partial charge in [-0.2, -0.15) is 0 Å². The molecule has 2 heterocycles. The Kier molecular flexibility index (Phi) is 2.45. The number of H-pyrrole nitrogens is 1. The molecule has 0 saturated carbocycles. The number of aromatic nitrogens is 1. The van der Waals surface area contributed by atoms with E-state index in [-0.39, 0.29) is 5.91 Å². The molecule has 1 amide bonds. The third-order valence-electron chi connectivity index (χ3n) is 2.64. The second-order valence-electron chi connectivity index (χ2n) is 3.59. The molecule has 1 aromatic heterocycles. The van der Waals surface area contributed by atoms with Crippen LogP contribution in [0.2, 0.25) is 0 Å². The van der Waals surface area contributed by atoms with Crippen molar-refractivity contribution in [3.8, 4) is 0 Å². The second kappa shape index (κ2) is 3.76. The monoisotopic (exact) mass is 208 g/mol. The minimum atomic E-state index is -0.920. The standard InChI is InChI=1S/C10H12N2O3/c13-9(7-3-4-11-6-7)12-5-1-2-8(12)10(14)15/h3-4,6,8,11H,1-2,5H2,(H,14,15)/t8-/m0/s1. The summed E-state index contributed by atoms with van der Waals surface area (Å²) in [5.41, 5.74) is 0.517. The van der Waals surface area contributed by atoms with Gasteiger partial charge in [0.25, 0.3) is 5.91 Å². The van der Waals surface area contributed by atoms with Gasteiger partial charge in [0, 0.05) is 18.9 Å². The summed E-state index contributed by atoms with van der Waals surface area (Å²) in [4.78, 5) is 27.0. The molecule has 1 atom stereocenters. The summed E-state index contributed by atoms with van der Waals surface area (Å²) in [6.07, 6.45) is 4.54. The highest BCUT2D eigenvalue weighted by molar-refractivity contribution is 5.96. The molecule has 1 saturated heterocycles. The molecule has 2 N–H and O–H groups in total. The number of rotatable bonds is 2. The van der Waals surface area contributed by atoms with Crippen LogP contribution in [0.15, 0.2) is 18.5 Å². The van der Waals surface area contributed by atoms with Gasteiger partial charge in [-0.3, -0.25) is 4.79 Å².